The van der Waals surface area contributed by atoms with E-state index in [1.807, 2.05) is 18.2 Å². The SMILES string of the molecule is c1ccc(-c2nc(-c3ccc4ccccc4c3)nc(-c3ccc4c(ccc5ccc6c7cccc(-c8ccccc8)c7[se]c6c54)c3)n2)cc1. The van der Waals surface area contributed by atoms with Gasteiger partial charge in [0.1, 0.15) is 0 Å². The van der Waals surface area contributed by atoms with Crippen molar-refractivity contribution < 1.29 is 0 Å². The fraction of sp³-hybridized carbons (Fsp3) is 0. The molecular weight excluding hydrogens is 661 g/mol. The first kappa shape index (κ1) is 28.1. The van der Waals surface area contributed by atoms with Gasteiger partial charge in [0.25, 0.3) is 0 Å². The van der Waals surface area contributed by atoms with Gasteiger partial charge in [0.15, 0.2) is 0 Å². The predicted molar refractivity (Wildman–Crippen MR) is 206 cm³/mol. The van der Waals surface area contributed by atoms with Gasteiger partial charge < -0.3 is 0 Å². The molecule has 0 N–H and O–H groups in total. The van der Waals surface area contributed by atoms with E-state index in [-0.39, 0.29) is 14.5 Å². The summed E-state index contributed by atoms with van der Waals surface area (Å²) in [4.78, 5) is 15.1. The van der Waals surface area contributed by atoms with Gasteiger partial charge in [-0.1, -0.05) is 30.3 Å². The average molecular weight is 689 g/mol. The molecule has 10 aromatic rings. The molecule has 8 aromatic carbocycles. The van der Waals surface area contributed by atoms with Crippen molar-refractivity contribution in [3.63, 3.8) is 0 Å². The third-order valence-electron chi connectivity index (χ3n) is 9.48. The molecule has 228 valence electrons. The third-order valence-corrected chi connectivity index (χ3v) is 12.1. The standard InChI is InChI=1S/C45H27N3Se/c1-3-11-29(12-4-1)37-16-9-17-38-39-25-22-30-19-20-33-27-35(23-24-36(33)40(30)42(39)49-41(37)38)45-47-43(31-13-5-2-6-14-31)46-44(48-45)34-21-18-28-10-7-8-15-32(28)26-34/h1-27H. The number of nitrogens with zero attached hydrogens (tertiary/aromatic N) is 3. The molecule has 4 heteroatoms. The summed E-state index contributed by atoms with van der Waals surface area (Å²) in [6, 6.07) is 58.3. The zero-order valence-corrected chi connectivity index (χ0v) is 28.1. The molecule has 0 saturated carbocycles. The van der Waals surface area contributed by atoms with Crippen molar-refractivity contribution in [2.75, 3.05) is 0 Å². The van der Waals surface area contributed by atoms with Crippen LogP contribution in [0.2, 0.25) is 0 Å². The van der Waals surface area contributed by atoms with Crippen LogP contribution in [0.1, 0.15) is 0 Å². The number of aromatic nitrogens is 3. The van der Waals surface area contributed by atoms with Crippen LogP contribution in [0, 0.1) is 0 Å². The second kappa shape index (κ2) is 11.3. The van der Waals surface area contributed by atoms with E-state index in [0.29, 0.717) is 17.5 Å². The number of hydrogen-bond donors (Lipinski definition) is 0. The van der Waals surface area contributed by atoms with E-state index in [1.54, 1.807) is 0 Å². The molecule has 0 fully saturated rings. The quantitative estimate of drug-likeness (QED) is 0.136. The molecule has 0 aliphatic rings. The summed E-state index contributed by atoms with van der Waals surface area (Å²) >= 11 is 0.178. The first-order valence-electron chi connectivity index (χ1n) is 16.4. The third kappa shape index (κ3) is 4.76. The normalized spacial score (nSPS) is 11.7. The molecule has 0 unspecified atom stereocenters. The Morgan fingerprint density at radius 3 is 1.65 bits per heavy atom. The minimum atomic E-state index is 0.178. The van der Waals surface area contributed by atoms with Crippen LogP contribution >= 0.6 is 0 Å². The van der Waals surface area contributed by atoms with Crippen LogP contribution in [0.4, 0.5) is 0 Å². The Balaban J connectivity index is 1.16. The minimum absolute atomic E-state index is 0.178. The summed E-state index contributed by atoms with van der Waals surface area (Å²) < 4.78 is 2.93. The van der Waals surface area contributed by atoms with Gasteiger partial charge in [0.05, 0.1) is 0 Å². The van der Waals surface area contributed by atoms with Gasteiger partial charge in [0.2, 0.25) is 0 Å². The number of hydrogen-bond acceptors (Lipinski definition) is 3. The van der Waals surface area contributed by atoms with E-state index < -0.39 is 0 Å². The van der Waals surface area contributed by atoms with Crippen molar-refractivity contribution in [3.05, 3.63) is 164 Å². The summed E-state index contributed by atoms with van der Waals surface area (Å²) in [5, 5.41) is 10.2. The van der Waals surface area contributed by atoms with Crippen molar-refractivity contribution in [1.82, 2.24) is 15.0 Å². The number of fused-ring (bicyclic) bond motifs is 8. The van der Waals surface area contributed by atoms with Crippen molar-refractivity contribution in [1.29, 1.82) is 0 Å². The molecule has 0 amide bonds. The molecule has 0 radical (unpaired) electrons. The van der Waals surface area contributed by atoms with Crippen LogP contribution in [-0.2, 0) is 0 Å². The number of rotatable bonds is 4. The van der Waals surface area contributed by atoms with Crippen LogP contribution in [0.3, 0.4) is 0 Å². The van der Waals surface area contributed by atoms with E-state index in [2.05, 4.69) is 146 Å². The molecule has 0 saturated heterocycles. The summed E-state index contributed by atoms with van der Waals surface area (Å²) in [7, 11) is 0. The Morgan fingerprint density at radius 2 is 0.878 bits per heavy atom. The summed E-state index contributed by atoms with van der Waals surface area (Å²) in [6.07, 6.45) is 0. The van der Waals surface area contributed by atoms with Crippen molar-refractivity contribution in [2.24, 2.45) is 0 Å². The molecular formula is C45H27N3Se. The fourth-order valence-electron chi connectivity index (χ4n) is 7.06. The van der Waals surface area contributed by atoms with Gasteiger partial charge in [-0.15, -0.1) is 0 Å². The molecule has 10 rings (SSSR count). The van der Waals surface area contributed by atoms with E-state index in [1.165, 1.54) is 57.4 Å². The molecule has 3 nitrogen and oxygen atoms in total. The maximum atomic E-state index is 5.08. The summed E-state index contributed by atoms with van der Waals surface area (Å²) in [6.45, 7) is 0. The molecule has 0 atom stereocenters. The number of benzene rings is 8. The molecule has 0 aliphatic carbocycles. The van der Waals surface area contributed by atoms with Crippen LogP contribution in [0.5, 0.6) is 0 Å². The van der Waals surface area contributed by atoms with E-state index >= 15 is 0 Å². The summed E-state index contributed by atoms with van der Waals surface area (Å²) in [5.74, 6) is 2.00. The molecule has 49 heavy (non-hydrogen) atoms. The predicted octanol–water partition coefficient (Wildman–Crippen LogP) is 11.4. The van der Waals surface area contributed by atoms with Gasteiger partial charge in [0, 0.05) is 0 Å². The maximum absolute atomic E-state index is 5.08. The molecule has 0 bridgehead atoms. The Kier molecular flexibility index (Phi) is 6.51. The van der Waals surface area contributed by atoms with Gasteiger partial charge in [-0.25, -0.2) is 0 Å². The Morgan fingerprint density at radius 1 is 0.327 bits per heavy atom. The van der Waals surface area contributed by atoms with Gasteiger partial charge in [-0.3, -0.25) is 0 Å². The Labute approximate surface area is 288 Å². The Hall–Kier alpha value is -5.93. The van der Waals surface area contributed by atoms with E-state index in [4.69, 9.17) is 15.0 Å². The van der Waals surface area contributed by atoms with Gasteiger partial charge >= 0.3 is 254 Å². The molecule has 2 heterocycles. The molecule has 0 aliphatic heterocycles. The van der Waals surface area contributed by atoms with Crippen molar-refractivity contribution in [3.8, 4) is 45.3 Å². The zero-order valence-electron chi connectivity index (χ0n) is 26.3. The molecule has 0 spiro atoms. The van der Waals surface area contributed by atoms with E-state index in [0.717, 1.165) is 22.1 Å². The fourth-order valence-corrected chi connectivity index (χ4v) is 10.0. The first-order chi connectivity index (χ1) is 24.3. The summed E-state index contributed by atoms with van der Waals surface area (Å²) in [5.41, 5.74) is 5.53. The topological polar surface area (TPSA) is 38.7 Å². The van der Waals surface area contributed by atoms with E-state index in [9.17, 15) is 0 Å². The van der Waals surface area contributed by atoms with Crippen LogP contribution < -0.4 is 0 Å². The van der Waals surface area contributed by atoms with Crippen molar-refractivity contribution in [2.45, 2.75) is 0 Å². The average Bonchev–Trinajstić information content (AvgIpc) is 3.57. The second-order valence-electron chi connectivity index (χ2n) is 12.4. The van der Waals surface area contributed by atoms with Crippen LogP contribution in [0.25, 0.3) is 96.9 Å². The van der Waals surface area contributed by atoms with Crippen LogP contribution in [0.15, 0.2) is 164 Å². The zero-order chi connectivity index (χ0) is 32.3. The Bertz CT molecular complexity index is 2880. The van der Waals surface area contributed by atoms with Gasteiger partial charge in [-0.05, 0) is 5.39 Å². The second-order valence-corrected chi connectivity index (χ2v) is 14.6. The monoisotopic (exact) mass is 689 g/mol. The van der Waals surface area contributed by atoms with Crippen LogP contribution in [-0.4, -0.2) is 29.5 Å². The van der Waals surface area contributed by atoms with Crippen molar-refractivity contribution >= 4 is 66.1 Å². The van der Waals surface area contributed by atoms with Gasteiger partial charge in [-0.2, -0.15) is 0 Å². The first-order valence-corrected chi connectivity index (χ1v) is 18.2. The molecule has 2 aromatic heterocycles.